The number of hydrogen-bond acceptors (Lipinski definition) is 5. The number of likely N-dealkylation sites (tertiary alicyclic amines) is 1. The highest BCUT2D eigenvalue weighted by atomic mass is 32.2. The van der Waals surface area contributed by atoms with Gasteiger partial charge in [0.2, 0.25) is 17.7 Å². The molecule has 8 heteroatoms. The van der Waals surface area contributed by atoms with Crippen LogP contribution in [0.25, 0.3) is 0 Å². The molecule has 1 N–H and O–H groups in total. The number of hydrogen-bond donors (Lipinski definition) is 1. The lowest BCUT2D eigenvalue weighted by Gasteiger charge is -2.42. The van der Waals surface area contributed by atoms with Crippen molar-refractivity contribution in [2.24, 2.45) is 11.8 Å². The Labute approximate surface area is 236 Å². The van der Waals surface area contributed by atoms with Crippen LogP contribution in [0.3, 0.4) is 0 Å². The molecule has 0 radical (unpaired) electrons. The number of carbonyl (C=O) groups is 3. The molecule has 3 aliphatic heterocycles. The number of fused-ring (bicyclic) bond motifs is 1. The summed E-state index contributed by atoms with van der Waals surface area (Å²) in [4.78, 5) is 48.3. The number of thioether (sulfide) groups is 1. The molecule has 3 heterocycles. The first-order valence-electron chi connectivity index (χ1n) is 14.3. The molecule has 4 fully saturated rings. The summed E-state index contributed by atoms with van der Waals surface area (Å²) in [7, 11) is 1.75. The maximum absolute atomic E-state index is 14.8. The van der Waals surface area contributed by atoms with Crippen LogP contribution in [0.2, 0.25) is 0 Å². The van der Waals surface area contributed by atoms with Gasteiger partial charge in [0, 0.05) is 31.4 Å². The minimum atomic E-state index is -0.744. The number of likely N-dealkylation sites (N-methyl/N-ethyl adjacent to an activating group) is 1. The number of benzene rings is 1. The van der Waals surface area contributed by atoms with Crippen molar-refractivity contribution in [3.05, 3.63) is 61.2 Å². The number of aliphatic hydroxyl groups excluding tert-OH is 1. The topological polar surface area (TPSA) is 81.2 Å². The van der Waals surface area contributed by atoms with E-state index in [0.29, 0.717) is 19.5 Å². The molecule has 0 aromatic heterocycles. The van der Waals surface area contributed by atoms with E-state index in [-0.39, 0.29) is 35.6 Å². The highest BCUT2D eigenvalue weighted by molar-refractivity contribution is 8.02. The molecular weight excluding hydrogens is 510 g/mol. The van der Waals surface area contributed by atoms with Crippen LogP contribution in [0.5, 0.6) is 0 Å². The van der Waals surface area contributed by atoms with Crippen LogP contribution in [0.15, 0.2) is 55.6 Å². The Morgan fingerprint density at radius 2 is 1.79 bits per heavy atom. The van der Waals surface area contributed by atoms with Crippen molar-refractivity contribution in [1.29, 1.82) is 0 Å². The molecule has 2 unspecified atom stereocenters. The van der Waals surface area contributed by atoms with Gasteiger partial charge in [-0.05, 0) is 31.2 Å². The summed E-state index contributed by atoms with van der Waals surface area (Å²) >= 11 is 1.68. The first-order chi connectivity index (χ1) is 18.9. The lowest BCUT2D eigenvalue weighted by Crippen LogP contribution is -2.57. The van der Waals surface area contributed by atoms with Crippen molar-refractivity contribution in [3.8, 4) is 0 Å². The molecule has 2 bridgehead atoms. The number of carbonyl (C=O) groups excluding carboxylic acids is 3. The van der Waals surface area contributed by atoms with Gasteiger partial charge >= 0.3 is 0 Å². The average molecular weight is 552 g/mol. The van der Waals surface area contributed by atoms with E-state index in [1.807, 2.05) is 35.2 Å². The molecular formula is C31H41N3O4S. The third-order valence-corrected chi connectivity index (χ3v) is 11.3. The third-order valence-electron chi connectivity index (χ3n) is 9.35. The molecule has 1 saturated carbocycles. The predicted octanol–water partition coefficient (Wildman–Crippen LogP) is 3.80. The van der Waals surface area contributed by atoms with Crippen molar-refractivity contribution in [1.82, 2.24) is 14.7 Å². The molecule has 7 nitrogen and oxygen atoms in total. The van der Waals surface area contributed by atoms with E-state index in [1.165, 1.54) is 6.42 Å². The summed E-state index contributed by atoms with van der Waals surface area (Å²) < 4.78 is -0.690. The van der Waals surface area contributed by atoms with Crippen molar-refractivity contribution >= 4 is 29.5 Å². The molecule has 1 aromatic carbocycles. The fourth-order valence-electron chi connectivity index (χ4n) is 7.66. The fraction of sp³-hybridized carbons (Fsp3) is 0.581. The maximum atomic E-state index is 14.8. The SMILES string of the molecule is C=CCN(C)C(=O)[C@@H]1[C@H]2C(=O)N([C@H](CO)c3ccccc3)C(C(=O)N(CC=C)C3CCCCC3)C23CC[C@H]1S3. The second kappa shape index (κ2) is 11.5. The van der Waals surface area contributed by atoms with E-state index < -0.39 is 28.7 Å². The van der Waals surface area contributed by atoms with E-state index >= 15 is 0 Å². The van der Waals surface area contributed by atoms with Gasteiger partial charge in [0.15, 0.2) is 0 Å². The van der Waals surface area contributed by atoms with Gasteiger partial charge in [-0.3, -0.25) is 14.4 Å². The van der Waals surface area contributed by atoms with Gasteiger partial charge in [0.25, 0.3) is 0 Å². The van der Waals surface area contributed by atoms with Gasteiger partial charge in [-0.1, -0.05) is 61.7 Å². The van der Waals surface area contributed by atoms with Gasteiger partial charge in [0.1, 0.15) is 6.04 Å². The van der Waals surface area contributed by atoms with Crippen LogP contribution in [-0.4, -0.2) is 86.4 Å². The largest absolute Gasteiger partial charge is 0.394 e. The zero-order chi connectivity index (χ0) is 27.7. The van der Waals surface area contributed by atoms with Crippen molar-refractivity contribution < 1.29 is 19.5 Å². The Morgan fingerprint density at radius 3 is 2.44 bits per heavy atom. The zero-order valence-electron chi connectivity index (χ0n) is 22.9. The van der Waals surface area contributed by atoms with E-state index in [2.05, 4.69) is 13.2 Å². The Hall–Kier alpha value is -2.58. The Morgan fingerprint density at radius 1 is 1.10 bits per heavy atom. The van der Waals surface area contributed by atoms with Crippen LogP contribution in [-0.2, 0) is 14.4 Å². The summed E-state index contributed by atoms with van der Waals surface area (Å²) in [5.74, 6) is -1.38. The smallest absolute Gasteiger partial charge is 0.247 e. The second-order valence-electron chi connectivity index (χ2n) is 11.5. The standard InChI is InChI=1S/C31H41N3O4S/c1-4-18-32(3)28(36)25-24-16-17-31(39-24)26(25)29(37)34(23(20-35)21-12-8-6-9-13-21)27(31)30(38)33(19-5-2)22-14-10-7-11-15-22/h4-6,8-9,12-13,22-27,35H,1-2,7,10-11,14-20H2,3H3/t23-,24-,25+,26+,27?,31?/m1/s1. The van der Waals surface area contributed by atoms with Crippen LogP contribution in [0.1, 0.15) is 56.6 Å². The summed E-state index contributed by atoms with van der Waals surface area (Å²) in [6.45, 7) is 8.26. The van der Waals surface area contributed by atoms with Crippen molar-refractivity contribution in [2.45, 2.75) is 73.1 Å². The Balaban J connectivity index is 1.60. The molecule has 210 valence electrons. The second-order valence-corrected chi connectivity index (χ2v) is 13.1. The highest BCUT2D eigenvalue weighted by Gasteiger charge is 2.74. The normalized spacial score (nSPS) is 30.6. The molecule has 1 aliphatic carbocycles. The average Bonchev–Trinajstić information content (AvgIpc) is 3.60. The summed E-state index contributed by atoms with van der Waals surface area (Å²) in [6.07, 6.45) is 10.2. The Kier molecular flexibility index (Phi) is 8.24. The molecule has 3 saturated heterocycles. The van der Waals surface area contributed by atoms with Crippen molar-refractivity contribution in [2.75, 3.05) is 26.7 Å². The first kappa shape index (κ1) is 28.0. The third kappa shape index (κ3) is 4.63. The van der Waals surface area contributed by atoms with Gasteiger partial charge in [-0.2, -0.15) is 0 Å². The highest BCUT2D eigenvalue weighted by Crippen LogP contribution is 2.67. The number of nitrogens with zero attached hydrogens (tertiary/aromatic N) is 3. The quantitative estimate of drug-likeness (QED) is 0.448. The van der Waals surface area contributed by atoms with Crippen LogP contribution >= 0.6 is 11.8 Å². The monoisotopic (exact) mass is 551 g/mol. The van der Waals surface area contributed by atoms with Crippen LogP contribution < -0.4 is 0 Å². The minimum absolute atomic E-state index is 0.00278. The van der Waals surface area contributed by atoms with Crippen molar-refractivity contribution in [3.63, 3.8) is 0 Å². The Bertz CT molecular complexity index is 1110. The van der Waals surface area contributed by atoms with Crippen LogP contribution in [0, 0.1) is 11.8 Å². The fourth-order valence-corrected chi connectivity index (χ4v) is 9.86. The number of aliphatic hydroxyl groups is 1. The van der Waals surface area contributed by atoms with Gasteiger partial charge in [0.05, 0.1) is 29.2 Å². The van der Waals surface area contributed by atoms with Crippen LogP contribution in [0.4, 0.5) is 0 Å². The molecule has 5 rings (SSSR count). The zero-order valence-corrected chi connectivity index (χ0v) is 23.7. The molecule has 1 spiro atoms. The van der Waals surface area contributed by atoms with E-state index in [9.17, 15) is 19.5 Å². The predicted molar refractivity (Wildman–Crippen MR) is 154 cm³/mol. The summed E-state index contributed by atoms with van der Waals surface area (Å²) in [5.41, 5.74) is 0.793. The number of amides is 3. The number of rotatable bonds is 10. The molecule has 3 amide bonds. The minimum Gasteiger partial charge on any atom is -0.394 e. The van der Waals surface area contributed by atoms with E-state index in [0.717, 1.165) is 37.7 Å². The molecule has 1 aromatic rings. The van der Waals surface area contributed by atoms with E-state index in [4.69, 9.17) is 0 Å². The van der Waals surface area contributed by atoms with Gasteiger partial charge in [-0.25, -0.2) is 0 Å². The van der Waals surface area contributed by atoms with Gasteiger partial charge < -0.3 is 19.8 Å². The van der Waals surface area contributed by atoms with E-state index in [1.54, 1.807) is 40.8 Å². The maximum Gasteiger partial charge on any atom is 0.247 e. The lowest BCUT2D eigenvalue weighted by molar-refractivity contribution is -0.148. The lowest BCUT2D eigenvalue weighted by atomic mass is 9.70. The molecule has 39 heavy (non-hydrogen) atoms. The summed E-state index contributed by atoms with van der Waals surface area (Å²) in [6, 6.07) is 8.17. The molecule has 6 atom stereocenters. The molecule has 4 aliphatic rings. The van der Waals surface area contributed by atoms with Gasteiger partial charge in [-0.15, -0.1) is 24.9 Å². The first-order valence-corrected chi connectivity index (χ1v) is 15.2. The summed E-state index contributed by atoms with van der Waals surface area (Å²) in [5, 5.41) is 10.7.